The first-order valence-corrected chi connectivity index (χ1v) is 13.6. The van der Waals surface area contributed by atoms with E-state index in [1.807, 2.05) is 30.3 Å². The first-order chi connectivity index (χ1) is 20.5. The minimum atomic E-state index is -2.64. The molecule has 4 rings (SSSR count). The number of halogens is 2. The number of carbonyl (C=O) groups is 1. The first kappa shape index (κ1) is 31.3. The van der Waals surface area contributed by atoms with E-state index in [4.69, 9.17) is 14.2 Å². The maximum Gasteiger partial charge on any atom is 0.443 e. The van der Waals surface area contributed by atoms with Gasteiger partial charge in [-0.3, -0.25) is 4.79 Å². The third kappa shape index (κ3) is 7.82. The lowest BCUT2D eigenvalue weighted by Crippen LogP contribution is -2.60. The predicted octanol–water partition coefficient (Wildman–Crippen LogP) is 5.06. The maximum absolute atomic E-state index is 14.7. The summed E-state index contributed by atoms with van der Waals surface area (Å²) in [6, 6.07) is 20.0. The van der Waals surface area contributed by atoms with Crippen LogP contribution >= 0.6 is 0 Å². The molecule has 0 aliphatic heterocycles. The number of hydrogen-bond acceptors (Lipinski definition) is 9. The Bertz CT molecular complexity index is 1520. The Morgan fingerprint density at radius 1 is 0.930 bits per heavy atom. The summed E-state index contributed by atoms with van der Waals surface area (Å²) < 4.78 is 46.6. The summed E-state index contributed by atoms with van der Waals surface area (Å²) in [7, 11) is 3.37. The minimum absolute atomic E-state index is 0.0234. The number of anilines is 1. The van der Waals surface area contributed by atoms with Crippen LogP contribution in [0.5, 0.6) is 11.6 Å². The van der Waals surface area contributed by atoms with E-state index in [0.29, 0.717) is 0 Å². The van der Waals surface area contributed by atoms with Gasteiger partial charge in [0, 0.05) is 31.1 Å². The van der Waals surface area contributed by atoms with E-state index in [-0.39, 0.29) is 41.0 Å². The summed E-state index contributed by atoms with van der Waals surface area (Å²) >= 11 is 0. The lowest BCUT2D eigenvalue weighted by atomic mass is 9.94. The van der Waals surface area contributed by atoms with E-state index in [1.165, 1.54) is 25.1 Å². The van der Waals surface area contributed by atoms with Gasteiger partial charge in [0.05, 0.1) is 5.69 Å². The van der Waals surface area contributed by atoms with Crippen molar-refractivity contribution < 1.29 is 32.9 Å². The number of rotatable bonds is 12. The molecule has 11 heteroatoms. The van der Waals surface area contributed by atoms with Crippen LogP contribution < -0.4 is 19.7 Å². The van der Waals surface area contributed by atoms with Gasteiger partial charge in [0.15, 0.2) is 0 Å². The van der Waals surface area contributed by atoms with Crippen molar-refractivity contribution in [2.45, 2.75) is 45.4 Å². The van der Waals surface area contributed by atoms with Crippen molar-refractivity contribution >= 4 is 11.9 Å². The lowest BCUT2D eigenvalue weighted by Gasteiger charge is -2.32. The third-order valence-corrected chi connectivity index (χ3v) is 6.58. The average Bonchev–Trinajstić information content (AvgIpc) is 2.97. The number of esters is 1. The normalized spacial score (nSPS) is 13.9. The molecule has 3 aromatic carbocycles. The Morgan fingerprint density at radius 3 is 2.14 bits per heavy atom. The number of carbonyl (C=O) groups excluding carboxylic acids is 1. The van der Waals surface area contributed by atoms with Crippen LogP contribution in [0.2, 0.25) is 0 Å². The van der Waals surface area contributed by atoms with Gasteiger partial charge in [-0.1, -0.05) is 61.5 Å². The molecular formula is C32H34F2N4O5. The average molecular weight is 593 g/mol. The molecule has 1 heterocycles. The van der Waals surface area contributed by atoms with Gasteiger partial charge < -0.3 is 24.2 Å². The Balaban J connectivity index is 1.68. The van der Waals surface area contributed by atoms with Crippen LogP contribution in [-0.2, 0) is 16.1 Å². The van der Waals surface area contributed by atoms with Gasteiger partial charge in [-0.05, 0) is 43.7 Å². The summed E-state index contributed by atoms with van der Waals surface area (Å²) in [6.45, 7) is 4.70. The van der Waals surface area contributed by atoms with Crippen LogP contribution in [0, 0.1) is 18.6 Å². The summed E-state index contributed by atoms with van der Waals surface area (Å²) in [5.41, 5.74) is 1.16. The highest BCUT2D eigenvalue weighted by molar-refractivity contribution is 5.75. The zero-order valence-corrected chi connectivity index (χ0v) is 24.5. The number of ether oxygens (including phenoxy) is 3. The van der Waals surface area contributed by atoms with Crippen LogP contribution in [0.15, 0.2) is 78.9 Å². The van der Waals surface area contributed by atoms with E-state index in [0.717, 1.165) is 5.56 Å². The fourth-order valence-electron chi connectivity index (χ4n) is 4.33. The van der Waals surface area contributed by atoms with Crippen molar-refractivity contribution in [3.8, 4) is 11.6 Å². The Morgan fingerprint density at radius 2 is 1.53 bits per heavy atom. The van der Waals surface area contributed by atoms with Crippen molar-refractivity contribution in [1.29, 1.82) is 0 Å². The van der Waals surface area contributed by atoms with E-state index >= 15 is 0 Å². The van der Waals surface area contributed by atoms with Crippen LogP contribution in [-0.4, -0.2) is 47.3 Å². The van der Waals surface area contributed by atoms with Crippen LogP contribution in [0.3, 0.4) is 0 Å². The standard InChI is InChI=1S/C32H34F2N4O5/c1-20(27-25(33)17-12-18-26(27)34)28-21(2)29(36-31(35-28)38(4)5)43-32(40,42-24-15-10-7-11-16-24)37-22(3)30(39)41-19-23-13-8-6-9-14-23/h6-18,20,22,37,40H,19H2,1-5H3/t20?,22-,32?/m0/s1. The van der Waals surface area contributed by atoms with Crippen LogP contribution in [0.25, 0.3) is 0 Å². The molecule has 0 spiro atoms. The molecule has 3 atom stereocenters. The number of aliphatic hydroxyl groups is 1. The second-order valence-corrected chi connectivity index (χ2v) is 10.1. The van der Waals surface area contributed by atoms with Gasteiger partial charge in [0.1, 0.15) is 30.0 Å². The summed E-state index contributed by atoms with van der Waals surface area (Å²) in [5.74, 6) is -2.78. The van der Waals surface area contributed by atoms with Gasteiger partial charge in [0.2, 0.25) is 11.8 Å². The van der Waals surface area contributed by atoms with E-state index in [1.54, 1.807) is 63.2 Å². The number of aromatic nitrogens is 2. The molecule has 226 valence electrons. The molecule has 0 radical (unpaired) electrons. The molecule has 0 aliphatic carbocycles. The van der Waals surface area contributed by atoms with Crippen molar-refractivity contribution in [2.24, 2.45) is 0 Å². The van der Waals surface area contributed by atoms with E-state index < -0.39 is 35.7 Å². The second kappa shape index (κ2) is 13.6. The highest BCUT2D eigenvalue weighted by atomic mass is 19.1. The smallest absolute Gasteiger partial charge is 0.443 e. The first-order valence-electron chi connectivity index (χ1n) is 13.6. The fraction of sp³-hybridized carbons (Fsp3) is 0.281. The molecule has 0 saturated carbocycles. The van der Waals surface area contributed by atoms with E-state index in [9.17, 15) is 18.7 Å². The molecule has 2 unspecified atom stereocenters. The summed E-state index contributed by atoms with van der Waals surface area (Å²) in [4.78, 5) is 23.4. The molecule has 4 aromatic rings. The van der Waals surface area contributed by atoms with Gasteiger partial charge in [0.25, 0.3) is 0 Å². The minimum Gasteiger partial charge on any atom is -0.460 e. The molecule has 2 N–H and O–H groups in total. The number of hydrogen-bond donors (Lipinski definition) is 2. The zero-order chi connectivity index (χ0) is 31.1. The third-order valence-electron chi connectivity index (χ3n) is 6.58. The van der Waals surface area contributed by atoms with Gasteiger partial charge in [-0.25, -0.2) is 19.1 Å². The van der Waals surface area contributed by atoms with Gasteiger partial charge in [-0.15, -0.1) is 0 Å². The summed E-state index contributed by atoms with van der Waals surface area (Å²) in [6.07, 6.45) is -2.64. The second-order valence-electron chi connectivity index (χ2n) is 10.1. The molecule has 0 amide bonds. The maximum atomic E-state index is 14.7. The topological polar surface area (TPSA) is 106 Å². The van der Waals surface area contributed by atoms with Crippen LogP contribution in [0.4, 0.5) is 14.7 Å². The zero-order valence-electron chi connectivity index (χ0n) is 24.5. The van der Waals surface area contributed by atoms with Gasteiger partial charge >= 0.3 is 12.1 Å². The highest BCUT2D eigenvalue weighted by Crippen LogP contribution is 2.34. The molecular weight excluding hydrogens is 558 g/mol. The summed E-state index contributed by atoms with van der Waals surface area (Å²) in [5, 5.41) is 14.3. The van der Waals surface area contributed by atoms with Gasteiger partial charge in [-0.2, -0.15) is 4.98 Å². The highest BCUT2D eigenvalue weighted by Gasteiger charge is 2.39. The Hall–Kier alpha value is -4.61. The van der Waals surface area contributed by atoms with E-state index in [2.05, 4.69) is 15.3 Å². The lowest BCUT2D eigenvalue weighted by molar-refractivity contribution is -0.298. The number of nitrogens with one attached hydrogen (secondary N) is 1. The molecule has 0 bridgehead atoms. The molecule has 9 nitrogen and oxygen atoms in total. The fourth-order valence-corrected chi connectivity index (χ4v) is 4.33. The quantitative estimate of drug-likeness (QED) is 0.172. The number of nitrogens with zero attached hydrogens (tertiary/aromatic N) is 3. The molecule has 1 aromatic heterocycles. The Kier molecular flexibility index (Phi) is 9.89. The monoisotopic (exact) mass is 592 g/mol. The molecule has 0 saturated heterocycles. The number of benzene rings is 3. The largest absolute Gasteiger partial charge is 0.460 e. The van der Waals surface area contributed by atoms with Crippen molar-refractivity contribution in [2.75, 3.05) is 19.0 Å². The van der Waals surface area contributed by atoms with Crippen molar-refractivity contribution in [1.82, 2.24) is 15.3 Å². The van der Waals surface area contributed by atoms with Crippen molar-refractivity contribution in [3.63, 3.8) is 0 Å². The molecule has 0 aliphatic rings. The van der Waals surface area contributed by atoms with Crippen LogP contribution in [0.1, 0.15) is 42.1 Å². The predicted molar refractivity (Wildman–Crippen MR) is 156 cm³/mol. The SMILES string of the molecule is Cc1c(OC(O)(N[C@@H](C)C(=O)OCc2ccccc2)Oc2ccccc2)nc(N(C)C)nc1C(C)c1c(F)cccc1F. The number of para-hydroxylation sites is 1. The molecule has 0 fully saturated rings. The Labute approximate surface area is 249 Å². The van der Waals surface area contributed by atoms with Crippen molar-refractivity contribution in [3.05, 3.63) is 113 Å². The molecule has 43 heavy (non-hydrogen) atoms.